The maximum Gasteiger partial charge on any atom is 0.350 e. The lowest BCUT2D eigenvalue weighted by molar-refractivity contribution is -0.132. The van der Waals surface area contributed by atoms with E-state index in [0.717, 1.165) is 23.9 Å². The smallest absolute Gasteiger partial charge is 0.350 e. The third-order valence-electron chi connectivity index (χ3n) is 5.56. The van der Waals surface area contributed by atoms with Gasteiger partial charge in [0.15, 0.2) is 0 Å². The molecule has 3 aromatic rings. The third kappa shape index (κ3) is 4.06. The normalized spacial score (nSPS) is 15.1. The van der Waals surface area contributed by atoms with Gasteiger partial charge in [-0.15, -0.1) is 3.97 Å². The molecule has 0 atom stereocenters. The topological polar surface area (TPSA) is 105 Å². The van der Waals surface area contributed by atoms with Crippen molar-refractivity contribution < 1.29 is 18.3 Å². The Morgan fingerprint density at radius 2 is 1.59 bits per heavy atom. The van der Waals surface area contributed by atoms with Crippen molar-refractivity contribution in [2.75, 3.05) is 33.2 Å². The summed E-state index contributed by atoms with van der Waals surface area (Å²) in [7, 11) is -2.47. The molecule has 4 rings (SSSR count). The molecule has 168 valence electrons. The summed E-state index contributed by atoms with van der Waals surface area (Å²) >= 11 is 0. The van der Waals surface area contributed by atoms with Crippen molar-refractivity contribution in [1.82, 2.24) is 18.3 Å². The van der Waals surface area contributed by atoms with Gasteiger partial charge < -0.3 is 14.9 Å². The number of hydrogen-bond acceptors (Lipinski definition) is 6. The van der Waals surface area contributed by atoms with Crippen molar-refractivity contribution >= 4 is 15.9 Å². The molecule has 1 fully saturated rings. The molecule has 2 aromatic carbocycles. The number of carbonyl (C=O) groups is 1. The van der Waals surface area contributed by atoms with Crippen LogP contribution < -0.4 is 5.69 Å². The van der Waals surface area contributed by atoms with E-state index in [1.165, 1.54) is 12.1 Å². The van der Waals surface area contributed by atoms with Crippen molar-refractivity contribution in [3.8, 4) is 11.6 Å². The molecule has 0 radical (unpaired) electrons. The van der Waals surface area contributed by atoms with Crippen LogP contribution >= 0.6 is 0 Å². The molecule has 0 unspecified atom stereocenters. The minimum absolute atomic E-state index is 0.117. The highest BCUT2D eigenvalue weighted by atomic mass is 32.2. The van der Waals surface area contributed by atoms with Crippen molar-refractivity contribution in [2.24, 2.45) is 0 Å². The summed E-state index contributed by atoms with van der Waals surface area (Å²) in [5.41, 5.74) is -0.232. The molecule has 0 saturated carbocycles. The largest absolute Gasteiger partial charge is 0.493 e. The number of likely N-dealkylation sites (N-methyl/N-ethyl adjacent to an activating group) is 1. The van der Waals surface area contributed by atoms with E-state index in [-0.39, 0.29) is 22.8 Å². The first-order valence-corrected chi connectivity index (χ1v) is 11.6. The predicted molar refractivity (Wildman–Crippen MR) is 119 cm³/mol. The van der Waals surface area contributed by atoms with Gasteiger partial charge in [-0.1, -0.05) is 36.4 Å². The summed E-state index contributed by atoms with van der Waals surface area (Å²) < 4.78 is 28.2. The van der Waals surface area contributed by atoms with Gasteiger partial charge in [0.25, 0.3) is 10.0 Å². The van der Waals surface area contributed by atoms with Crippen LogP contribution in [0.2, 0.25) is 0 Å². The van der Waals surface area contributed by atoms with Crippen LogP contribution in [0.15, 0.2) is 70.5 Å². The Balaban J connectivity index is 1.70. The Morgan fingerprint density at radius 1 is 0.969 bits per heavy atom. The third-order valence-corrected chi connectivity index (χ3v) is 7.33. The summed E-state index contributed by atoms with van der Waals surface area (Å²) in [6.45, 7) is 2.65. The van der Waals surface area contributed by atoms with E-state index in [1.807, 2.05) is 7.05 Å². The van der Waals surface area contributed by atoms with Gasteiger partial charge in [0, 0.05) is 26.2 Å². The van der Waals surface area contributed by atoms with Crippen LogP contribution in [-0.2, 0) is 21.2 Å². The van der Waals surface area contributed by atoms with Crippen LogP contribution in [0.5, 0.6) is 5.88 Å². The zero-order chi connectivity index (χ0) is 22.9. The fraction of sp³-hybridized carbons (Fsp3) is 0.273. The average Bonchev–Trinajstić information content (AvgIpc) is 3.09. The van der Waals surface area contributed by atoms with Crippen LogP contribution in [0.4, 0.5) is 0 Å². The Kier molecular flexibility index (Phi) is 5.90. The first-order valence-electron chi connectivity index (χ1n) is 10.2. The second kappa shape index (κ2) is 8.64. The van der Waals surface area contributed by atoms with Gasteiger partial charge in [-0.3, -0.25) is 9.36 Å². The molecule has 0 aliphatic carbocycles. The fourth-order valence-corrected chi connectivity index (χ4v) is 5.25. The molecule has 1 aromatic heterocycles. The number of para-hydroxylation sites is 1. The summed E-state index contributed by atoms with van der Waals surface area (Å²) in [6.07, 6.45) is 0.946. The molecule has 1 aliphatic heterocycles. The highest BCUT2D eigenvalue weighted by Gasteiger charge is 2.29. The summed E-state index contributed by atoms with van der Waals surface area (Å²) in [6, 6.07) is 14.5. The van der Waals surface area contributed by atoms with Crippen molar-refractivity contribution in [3.63, 3.8) is 0 Å². The molecule has 1 amide bonds. The average molecular weight is 457 g/mol. The van der Waals surface area contributed by atoms with Gasteiger partial charge in [-0.2, -0.15) is 0 Å². The Morgan fingerprint density at radius 3 is 2.28 bits per heavy atom. The van der Waals surface area contributed by atoms with Crippen LogP contribution in [0.1, 0.15) is 5.56 Å². The molecule has 1 saturated heterocycles. The highest BCUT2D eigenvalue weighted by Crippen LogP contribution is 2.23. The van der Waals surface area contributed by atoms with Crippen LogP contribution in [-0.4, -0.2) is 71.0 Å². The minimum atomic E-state index is -4.45. The number of aromatic hydroxyl groups is 1. The number of nitrogens with zero attached hydrogens (tertiary/aromatic N) is 4. The molecule has 0 bridgehead atoms. The molecule has 10 heteroatoms. The number of aromatic nitrogens is 2. The van der Waals surface area contributed by atoms with Gasteiger partial charge >= 0.3 is 5.69 Å². The van der Waals surface area contributed by atoms with E-state index >= 15 is 0 Å². The van der Waals surface area contributed by atoms with E-state index in [2.05, 4.69) is 4.90 Å². The lowest BCUT2D eigenvalue weighted by Crippen LogP contribution is -2.47. The molecular weight excluding hydrogens is 432 g/mol. The first-order chi connectivity index (χ1) is 15.3. The second-order valence-electron chi connectivity index (χ2n) is 7.71. The second-order valence-corrected chi connectivity index (χ2v) is 9.47. The monoisotopic (exact) mass is 456 g/mol. The van der Waals surface area contributed by atoms with E-state index in [9.17, 15) is 23.1 Å². The summed E-state index contributed by atoms with van der Waals surface area (Å²) in [5.74, 6) is -0.891. The quantitative estimate of drug-likeness (QED) is 0.612. The van der Waals surface area contributed by atoms with Gasteiger partial charge in [-0.05, 0) is 30.8 Å². The zero-order valence-electron chi connectivity index (χ0n) is 17.6. The number of imidazole rings is 1. The molecule has 32 heavy (non-hydrogen) atoms. The standard InChI is InChI=1S/C22H24N4O5S/c1-23-11-13-24(14-12-23)20(27)15-17-7-5-6-10-19(17)32(30,31)26-21(28)16-25(22(26)29)18-8-3-2-4-9-18/h2-10,16,28H,11-15H2,1H3. The number of amides is 1. The highest BCUT2D eigenvalue weighted by molar-refractivity contribution is 7.90. The number of rotatable bonds is 5. The first kappa shape index (κ1) is 21.8. The molecule has 0 spiro atoms. The Hall–Kier alpha value is -3.37. The Labute approximate surface area is 185 Å². The molecule has 9 nitrogen and oxygen atoms in total. The fourth-order valence-electron chi connectivity index (χ4n) is 3.75. The van der Waals surface area contributed by atoms with E-state index < -0.39 is 21.6 Å². The van der Waals surface area contributed by atoms with Gasteiger partial charge in [0.2, 0.25) is 11.8 Å². The predicted octanol–water partition coefficient (Wildman–Crippen LogP) is 0.898. The summed E-state index contributed by atoms with van der Waals surface area (Å²) in [5, 5.41) is 10.4. The van der Waals surface area contributed by atoms with Gasteiger partial charge in [0.05, 0.1) is 23.2 Å². The maximum atomic E-state index is 13.4. The maximum absolute atomic E-state index is 13.4. The van der Waals surface area contributed by atoms with E-state index in [1.54, 1.807) is 47.4 Å². The lowest BCUT2D eigenvalue weighted by atomic mass is 10.1. The van der Waals surface area contributed by atoms with Crippen LogP contribution in [0.3, 0.4) is 0 Å². The van der Waals surface area contributed by atoms with Crippen LogP contribution in [0.25, 0.3) is 5.69 Å². The van der Waals surface area contributed by atoms with E-state index in [0.29, 0.717) is 22.7 Å². The molecule has 1 aliphatic rings. The van der Waals surface area contributed by atoms with Crippen molar-refractivity contribution in [2.45, 2.75) is 11.3 Å². The summed E-state index contributed by atoms with van der Waals surface area (Å²) in [4.78, 5) is 29.4. The number of benzene rings is 2. The number of piperazine rings is 1. The van der Waals surface area contributed by atoms with Gasteiger partial charge in [-0.25, -0.2) is 13.2 Å². The van der Waals surface area contributed by atoms with Crippen LogP contribution in [0, 0.1) is 0 Å². The number of hydrogen-bond donors (Lipinski definition) is 1. The van der Waals surface area contributed by atoms with Gasteiger partial charge in [0.1, 0.15) is 0 Å². The zero-order valence-corrected chi connectivity index (χ0v) is 18.4. The lowest BCUT2D eigenvalue weighted by Gasteiger charge is -2.32. The molecular formula is C22H24N4O5S. The Bertz CT molecular complexity index is 1290. The van der Waals surface area contributed by atoms with Crippen molar-refractivity contribution in [1.29, 1.82) is 0 Å². The SMILES string of the molecule is CN1CCN(C(=O)Cc2ccccc2S(=O)(=O)n2c(O)cn(-c3ccccc3)c2=O)CC1. The van der Waals surface area contributed by atoms with E-state index in [4.69, 9.17) is 0 Å². The minimum Gasteiger partial charge on any atom is -0.493 e. The molecule has 2 heterocycles. The van der Waals surface area contributed by atoms with Crippen molar-refractivity contribution in [3.05, 3.63) is 76.8 Å². The number of carbonyl (C=O) groups excluding carboxylic acids is 1. The molecule has 1 N–H and O–H groups in total.